The molecule has 3 aliphatic heterocycles. The largest absolute Gasteiger partial charge is 0.496 e. The Hall–Kier alpha value is -2.42. The molecule has 34 heavy (non-hydrogen) atoms. The number of piperidine rings is 1. The first-order valence-corrected chi connectivity index (χ1v) is 12.2. The maximum Gasteiger partial charge on any atom is 0.260 e. The number of carbonyl (C=O) groups excluding carboxylic acids is 1. The number of carbonyl (C=O) groups is 1. The summed E-state index contributed by atoms with van der Waals surface area (Å²) in [5.41, 5.74) is 1.50. The molecule has 2 unspecified atom stereocenters. The third kappa shape index (κ3) is 3.91. The van der Waals surface area contributed by atoms with Gasteiger partial charge in [-0.1, -0.05) is 24.6 Å². The zero-order valence-corrected chi connectivity index (χ0v) is 20.5. The molecule has 3 atom stereocenters. The second kappa shape index (κ2) is 9.32. The highest BCUT2D eigenvalue weighted by Gasteiger charge is 2.40. The molecular formula is C25H30ClFN4O3. The smallest absolute Gasteiger partial charge is 0.260 e. The Bertz CT molecular complexity index is 1110. The van der Waals surface area contributed by atoms with Crippen LogP contribution < -0.4 is 14.8 Å². The number of nitrogens with zero attached hydrogens (tertiary/aromatic N) is 3. The summed E-state index contributed by atoms with van der Waals surface area (Å²) in [6.07, 6.45) is 0.838. The number of pyridine rings is 1. The average Bonchev–Trinajstić information content (AvgIpc) is 2.97. The van der Waals surface area contributed by atoms with Crippen LogP contribution in [0.25, 0.3) is 11.3 Å². The molecule has 5 rings (SSSR count). The van der Waals surface area contributed by atoms with E-state index in [1.807, 2.05) is 4.90 Å². The summed E-state index contributed by atoms with van der Waals surface area (Å²) >= 11 is 6.86. The first-order valence-electron chi connectivity index (χ1n) is 11.8. The standard InChI is InChI=1S/C25H30ClFN4O3/c1-14-12-30(2)9-7-16(14)22-20-24(34-13-15-11-28-8-10-31(15)25(20)32)21(26)23(29-22)19-17(27)5-4-6-18(19)33-3/h4-6,14-16,28H,7-13H2,1-3H3/t14?,15-,16?/m1/s1. The van der Waals surface area contributed by atoms with Crippen molar-refractivity contribution in [1.29, 1.82) is 0 Å². The molecule has 0 saturated carbocycles. The van der Waals surface area contributed by atoms with Crippen LogP contribution in [0, 0.1) is 11.7 Å². The van der Waals surface area contributed by atoms with Crippen molar-refractivity contribution in [2.75, 3.05) is 53.5 Å². The number of likely N-dealkylation sites (tertiary alicyclic amines) is 1. The van der Waals surface area contributed by atoms with Crippen LogP contribution in [-0.2, 0) is 0 Å². The van der Waals surface area contributed by atoms with Crippen LogP contribution in [0.2, 0.25) is 5.02 Å². The Kier molecular flexibility index (Phi) is 6.39. The van der Waals surface area contributed by atoms with Gasteiger partial charge in [0, 0.05) is 32.1 Å². The quantitative estimate of drug-likeness (QED) is 0.714. The maximum atomic E-state index is 15.1. The second-order valence-electron chi connectivity index (χ2n) is 9.48. The van der Waals surface area contributed by atoms with Crippen molar-refractivity contribution >= 4 is 17.5 Å². The molecule has 182 valence electrons. The molecule has 0 radical (unpaired) electrons. The topological polar surface area (TPSA) is 66.9 Å². The minimum absolute atomic E-state index is 0.0192. The monoisotopic (exact) mass is 488 g/mol. The first-order chi connectivity index (χ1) is 16.4. The minimum Gasteiger partial charge on any atom is -0.496 e. The molecular weight excluding hydrogens is 459 g/mol. The molecule has 7 nitrogen and oxygen atoms in total. The molecule has 3 aliphatic rings. The summed E-state index contributed by atoms with van der Waals surface area (Å²) < 4.78 is 26.8. The van der Waals surface area contributed by atoms with E-state index in [1.54, 1.807) is 12.1 Å². The Balaban J connectivity index is 1.75. The number of rotatable bonds is 3. The van der Waals surface area contributed by atoms with Gasteiger partial charge in [-0.05, 0) is 38.1 Å². The lowest BCUT2D eigenvalue weighted by Crippen LogP contribution is -2.55. The SMILES string of the molecule is COc1cccc(F)c1-c1nc(C2CCN(C)CC2C)c2c(c1Cl)OC[C@H]1CNCCN1C2=O. The van der Waals surface area contributed by atoms with Crippen LogP contribution in [0.1, 0.15) is 35.3 Å². The van der Waals surface area contributed by atoms with E-state index < -0.39 is 5.82 Å². The van der Waals surface area contributed by atoms with Gasteiger partial charge in [0.25, 0.3) is 5.91 Å². The summed E-state index contributed by atoms with van der Waals surface area (Å²) in [6.45, 7) is 6.22. The molecule has 9 heteroatoms. The van der Waals surface area contributed by atoms with E-state index in [2.05, 4.69) is 24.2 Å². The highest BCUT2D eigenvalue weighted by molar-refractivity contribution is 6.35. The predicted molar refractivity (Wildman–Crippen MR) is 128 cm³/mol. The van der Waals surface area contributed by atoms with Crippen LogP contribution in [0.15, 0.2) is 18.2 Å². The van der Waals surface area contributed by atoms with E-state index in [9.17, 15) is 4.79 Å². The zero-order chi connectivity index (χ0) is 24.0. The molecule has 2 aromatic rings. The summed E-state index contributed by atoms with van der Waals surface area (Å²) in [6, 6.07) is 4.52. The Labute approximate surface area is 204 Å². The Morgan fingerprint density at radius 1 is 1.29 bits per heavy atom. The van der Waals surface area contributed by atoms with Crippen molar-refractivity contribution in [1.82, 2.24) is 20.1 Å². The van der Waals surface area contributed by atoms with Gasteiger partial charge in [-0.2, -0.15) is 0 Å². The third-order valence-corrected chi connectivity index (χ3v) is 7.61. The highest BCUT2D eigenvalue weighted by Crippen LogP contribution is 2.47. The molecule has 2 fully saturated rings. The molecule has 1 aromatic heterocycles. The van der Waals surface area contributed by atoms with Gasteiger partial charge in [0.15, 0.2) is 5.75 Å². The molecule has 1 N–H and O–H groups in total. The fraction of sp³-hybridized carbons (Fsp3) is 0.520. The molecule has 0 aliphatic carbocycles. The van der Waals surface area contributed by atoms with Crippen molar-refractivity contribution in [3.8, 4) is 22.8 Å². The average molecular weight is 489 g/mol. The molecule has 1 aromatic carbocycles. The Morgan fingerprint density at radius 3 is 2.88 bits per heavy atom. The molecule has 1 amide bonds. The van der Waals surface area contributed by atoms with E-state index in [0.717, 1.165) is 26.1 Å². The van der Waals surface area contributed by atoms with Gasteiger partial charge in [0.2, 0.25) is 0 Å². The van der Waals surface area contributed by atoms with Crippen LogP contribution in [0.3, 0.4) is 0 Å². The van der Waals surface area contributed by atoms with Gasteiger partial charge in [-0.15, -0.1) is 0 Å². The van der Waals surface area contributed by atoms with Crippen LogP contribution in [0.4, 0.5) is 4.39 Å². The van der Waals surface area contributed by atoms with Crippen LogP contribution in [-0.4, -0.2) is 80.2 Å². The molecule has 2 saturated heterocycles. The number of piperazine rings is 1. The molecule has 4 heterocycles. The normalized spacial score (nSPS) is 25.3. The second-order valence-corrected chi connectivity index (χ2v) is 9.86. The Morgan fingerprint density at radius 2 is 2.12 bits per heavy atom. The maximum absolute atomic E-state index is 15.1. The number of aromatic nitrogens is 1. The number of fused-ring (bicyclic) bond motifs is 2. The van der Waals surface area contributed by atoms with Crippen LogP contribution >= 0.6 is 11.6 Å². The number of amides is 1. The fourth-order valence-electron chi connectivity index (χ4n) is 5.50. The van der Waals surface area contributed by atoms with Crippen molar-refractivity contribution in [2.24, 2.45) is 5.92 Å². The van der Waals surface area contributed by atoms with Gasteiger partial charge in [0.05, 0.1) is 30.1 Å². The summed E-state index contributed by atoms with van der Waals surface area (Å²) in [4.78, 5) is 23.0. The number of hydrogen-bond acceptors (Lipinski definition) is 6. The van der Waals surface area contributed by atoms with Gasteiger partial charge in [-0.25, -0.2) is 9.37 Å². The summed E-state index contributed by atoms with van der Waals surface area (Å²) in [7, 11) is 3.58. The number of halogens is 2. The molecule has 0 spiro atoms. The lowest BCUT2D eigenvalue weighted by molar-refractivity contribution is 0.0604. The van der Waals surface area contributed by atoms with Gasteiger partial charge in [-0.3, -0.25) is 4.79 Å². The lowest BCUT2D eigenvalue weighted by atomic mass is 9.82. The van der Waals surface area contributed by atoms with Crippen molar-refractivity contribution < 1.29 is 18.7 Å². The number of hydrogen-bond donors (Lipinski definition) is 1. The highest BCUT2D eigenvalue weighted by atomic mass is 35.5. The van der Waals surface area contributed by atoms with E-state index in [-0.39, 0.29) is 40.1 Å². The number of methoxy groups -OCH3 is 1. The number of ether oxygens (including phenoxy) is 2. The van der Waals surface area contributed by atoms with E-state index in [1.165, 1.54) is 13.2 Å². The van der Waals surface area contributed by atoms with Crippen molar-refractivity contribution in [2.45, 2.75) is 25.3 Å². The lowest BCUT2D eigenvalue weighted by Gasteiger charge is -2.36. The fourth-order valence-corrected chi connectivity index (χ4v) is 5.79. The van der Waals surface area contributed by atoms with Gasteiger partial charge < -0.3 is 24.6 Å². The van der Waals surface area contributed by atoms with Crippen LogP contribution in [0.5, 0.6) is 11.5 Å². The van der Waals surface area contributed by atoms with Gasteiger partial charge in [0.1, 0.15) is 28.8 Å². The minimum atomic E-state index is -0.488. The number of nitrogens with one attached hydrogen (secondary N) is 1. The summed E-state index contributed by atoms with van der Waals surface area (Å²) in [5, 5.41) is 3.47. The van der Waals surface area contributed by atoms with E-state index >= 15 is 4.39 Å². The number of benzene rings is 1. The van der Waals surface area contributed by atoms with Crippen molar-refractivity contribution in [3.63, 3.8) is 0 Å². The third-order valence-electron chi connectivity index (χ3n) is 7.26. The first kappa shape index (κ1) is 23.3. The van der Waals surface area contributed by atoms with Crippen molar-refractivity contribution in [3.05, 3.63) is 40.3 Å². The summed E-state index contributed by atoms with van der Waals surface area (Å²) in [5.74, 6) is 0.308. The van der Waals surface area contributed by atoms with E-state index in [4.69, 9.17) is 26.1 Å². The van der Waals surface area contributed by atoms with Gasteiger partial charge >= 0.3 is 0 Å². The molecule has 0 bridgehead atoms. The zero-order valence-electron chi connectivity index (χ0n) is 19.7. The predicted octanol–water partition coefficient (Wildman–Crippen LogP) is 3.41. The van der Waals surface area contributed by atoms with E-state index in [0.29, 0.717) is 42.5 Å².